The lowest BCUT2D eigenvalue weighted by atomic mass is 9.81. The zero-order valence-corrected chi connectivity index (χ0v) is 21.9. The Morgan fingerprint density at radius 3 is 1.77 bits per heavy atom. The first-order valence-corrected chi connectivity index (χ1v) is 13.5. The zero-order valence-electron chi connectivity index (χ0n) is 21.9. The molecule has 0 radical (unpaired) electrons. The van der Waals surface area contributed by atoms with E-state index in [1.807, 2.05) is 30.5 Å². The van der Waals surface area contributed by atoms with E-state index >= 15 is 0 Å². The number of benzene rings is 6. The fourth-order valence-electron chi connectivity index (χ4n) is 6.55. The number of hydrogen-bond donors (Lipinski definition) is 0. The Morgan fingerprint density at radius 2 is 1.08 bits per heavy atom. The van der Waals surface area contributed by atoms with Crippen LogP contribution in [0.5, 0.6) is 0 Å². The summed E-state index contributed by atoms with van der Waals surface area (Å²) in [5.41, 5.74) is 8.29. The van der Waals surface area contributed by atoms with Gasteiger partial charge in [-0.05, 0) is 78.8 Å². The van der Waals surface area contributed by atoms with Gasteiger partial charge in [-0.2, -0.15) is 0 Å². The van der Waals surface area contributed by atoms with Crippen LogP contribution in [0.3, 0.4) is 0 Å². The average Bonchev–Trinajstić information content (AvgIpc) is 3.22. The largest absolute Gasteiger partial charge is 0.237 e. The molecule has 0 N–H and O–H groups in total. The summed E-state index contributed by atoms with van der Waals surface area (Å²) in [5, 5.41) is 7.86. The second-order valence-electron chi connectivity index (χ2n) is 11.1. The van der Waals surface area contributed by atoms with E-state index in [-0.39, 0.29) is 5.41 Å². The molecule has 0 aliphatic heterocycles. The topological polar surface area (TPSA) is 25.8 Å². The summed E-state index contributed by atoms with van der Waals surface area (Å²) in [6.07, 6.45) is 1.86. The maximum Gasteiger partial charge on any atom is 0.159 e. The van der Waals surface area contributed by atoms with Crippen LogP contribution < -0.4 is 0 Å². The van der Waals surface area contributed by atoms with Crippen molar-refractivity contribution in [2.75, 3.05) is 0 Å². The first-order valence-electron chi connectivity index (χ1n) is 13.5. The summed E-state index contributed by atoms with van der Waals surface area (Å²) >= 11 is 0. The van der Waals surface area contributed by atoms with Gasteiger partial charge in [-0.3, -0.25) is 0 Å². The molecular formula is C37H26N2. The molecule has 0 saturated heterocycles. The van der Waals surface area contributed by atoms with Crippen molar-refractivity contribution in [3.8, 4) is 33.8 Å². The molecule has 0 fully saturated rings. The number of nitrogens with zero attached hydrogens (tertiary/aromatic N) is 2. The monoisotopic (exact) mass is 498 g/mol. The van der Waals surface area contributed by atoms with E-state index in [1.54, 1.807) is 0 Å². The third-order valence-corrected chi connectivity index (χ3v) is 8.52. The lowest BCUT2D eigenvalue weighted by Crippen LogP contribution is -2.14. The molecule has 1 aliphatic carbocycles. The van der Waals surface area contributed by atoms with E-state index in [9.17, 15) is 0 Å². The Labute approximate surface area is 227 Å². The molecule has 0 atom stereocenters. The molecule has 1 heterocycles. The van der Waals surface area contributed by atoms with Gasteiger partial charge in [0.1, 0.15) is 0 Å². The summed E-state index contributed by atoms with van der Waals surface area (Å²) in [6, 6.07) is 41.5. The third kappa shape index (κ3) is 3.21. The van der Waals surface area contributed by atoms with Crippen molar-refractivity contribution < 1.29 is 0 Å². The highest BCUT2D eigenvalue weighted by Crippen LogP contribution is 2.52. The summed E-state index contributed by atoms with van der Waals surface area (Å²) in [5.74, 6) is 0.752. The SMILES string of the molecule is CC1(C)c2ccc(-c3nccc(-c4ccccc4)n3)cc2-c2cc3c4ccccc4c4ccccc4c3cc21. The minimum Gasteiger partial charge on any atom is -0.237 e. The molecule has 8 rings (SSSR count). The first kappa shape index (κ1) is 22.2. The Morgan fingerprint density at radius 1 is 0.487 bits per heavy atom. The van der Waals surface area contributed by atoms with Crippen molar-refractivity contribution in [1.29, 1.82) is 0 Å². The number of aromatic nitrogens is 2. The van der Waals surface area contributed by atoms with Crippen molar-refractivity contribution in [1.82, 2.24) is 9.97 Å². The predicted octanol–water partition coefficient (Wildman–Crippen LogP) is 9.58. The van der Waals surface area contributed by atoms with Crippen molar-refractivity contribution in [3.05, 3.63) is 133 Å². The molecule has 0 bridgehead atoms. The first-order chi connectivity index (χ1) is 19.1. The summed E-state index contributed by atoms with van der Waals surface area (Å²) in [7, 11) is 0. The van der Waals surface area contributed by atoms with Crippen LogP contribution in [-0.4, -0.2) is 9.97 Å². The Hall–Kier alpha value is -4.82. The van der Waals surface area contributed by atoms with Crippen LogP contribution in [0.2, 0.25) is 0 Å². The van der Waals surface area contributed by atoms with Gasteiger partial charge < -0.3 is 0 Å². The second kappa shape index (κ2) is 8.09. The van der Waals surface area contributed by atoms with Gasteiger partial charge in [0.2, 0.25) is 0 Å². The minimum atomic E-state index is -0.100. The quantitative estimate of drug-likeness (QED) is 0.222. The molecular weight excluding hydrogens is 472 g/mol. The van der Waals surface area contributed by atoms with Crippen LogP contribution in [0, 0.1) is 0 Å². The predicted molar refractivity (Wildman–Crippen MR) is 163 cm³/mol. The van der Waals surface area contributed by atoms with Crippen molar-refractivity contribution >= 4 is 32.3 Å². The van der Waals surface area contributed by atoms with Gasteiger partial charge in [-0.15, -0.1) is 0 Å². The summed E-state index contributed by atoms with van der Waals surface area (Å²) in [6.45, 7) is 4.69. The van der Waals surface area contributed by atoms with Crippen molar-refractivity contribution in [3.63, 3.8) is 0 Å². The molecule has 0 saturated carbocycles. The Balaban J connectivity index is 1.37. The lowest BCUT2D eigenvalue weighted by Gasteiger charge is -2.22. The third-order valence-electron chi connectivity index (χ3n) is 8.52. The fraction of sp³-hybridized carbons (Fsp3) is 0.0811. The molecule has 0 spiro atoms. The highest BCUT2D eigenvalue weighted by Gasteiger charge is 2.36. The zero-order chi connectivity index (χ0) is 26.1. The van der Waals surface area contributed by atoms with E-state index in [4.69, 9.17) is 4.98 Å². The van der Waals surface area contributed by atoms with Crippen LogP contribution >= 0.6 is 0 Å². The molecule has 7 aromatic rings. The van der Waals surface area contributed by atoms with Crippen molar-refractivity contribution in [2.24, 2.45) is 0 Å². The molecule has 0 amide bonds. The highest BCUT2D eigenvalue weighted by molar-refractivity contribution is 6.26. The normalized spacial score (nSPS) is 13.6. The molecule has 0 unspecified atom stereocenters. The molecule has 39 heavy (non-hydrogen) atoms. The van der Waals surface area contributed by atoms with Crippen LogP contribution in [0.1, 0.15) is 25.0 Å². The van der Waals surface area contributed by atoms with Gasteiger partial charge in [0.25, 0.3) is 0 Å². The molecule has 6 aromatic carbocycles. The van der Waals surface area contributed by atoms with E-state index in [0.29, 0.717) is 0 Å². The van der Waals surface area contributed by atoms with E-state index in [1.165, 1.54) is 54.6 Å². The van der Waals surface area contributed by atoms with Crippen LogP contribution in [0.25, 0.3) is 66.1 Å². The molecule has 1 aromatic heterocycles. The van der Waals surface area contributed by atoms with Gasteiger partial charge in [0, 0.05) is 22.7 Å². The van der Waals surface area contributed by atoms with Gasteiger partial charge >= 0.3 is 0 Å². The van der Waals surface area contributed by atoms with Crippen LogP contribution in [0.4, 0.5) is 0 Å². The molecule has 2 heteroatoms. The van der Waals surface area contributed by atoms with Gasteiger partial charge in [-0.25, -0.2) is 9.97 Å². The van der Waals surface area contributed by atoms with Gasteiger partial charge in [0.15, 0.2) is 5.82 Å². The van der Waals surface area contributed by atoms with Crippen LogP contribution in [0.15, 0.2) is 121 Å². The average molecular weight is 499 g/mol. The highest BCUT2D eigenvalue weighted by atomic mass is 14.9. The minimum absolute atomic E-state index is 0.100. The van der Waals surface area contributed by atoms with Gasteiger partial charge in [-0.1, -0.05) is 105 Å². The summed E-state index contributed by atoms with van der Waals surface area (Å²) < 4.78 is 0. The maximum absolute atomic E-state index is 4.94. The number of hydrogen-bond acceptors (Lipinski definition) is 2. The smallest absolute Gasteiger partial charge is 0.159 e. The maximum atomic E-state index is 4.94. The second-order valence-corrected chi connectivity index (χ2v) is 11.1. The molecule has 2 nitrogen and oxygen atoms in total. The molecule has 1 aliphatic rings. The summed E-state index contributed by atoms with van der Waals surface area (Å²) in [4.78, 5) is 9.61. The molecule has 184 valence electrons. The number of fused-ring (bicyclic) bond motifs is 9. The van der Waals surface area contributed by atoms with E-state index in [2.05, 4.69) is 110 Å². The Bertz CT molecular complexity index is 2090. The Kier molecular flexibility index (Phi) is 4.60. The fourth-order valence-corrected chi connectivity index (χ4v) is 6.55. The van der Waals surface area contributed by atoms with Gasteiger partial charge in [0.05, 0.1) is 5.69 Å². The number of rotatable bonds is 2. The van der Waals surface area contributed by atoms with E-state index in [0.717, 1.165) is 22.6 Å². The lowest BCUT2D eigenvalue weighted by molar-refractivity contribution is 0.661. The van der Waals surface area contributed by atoms with Crippen LogP contribution in [-0.2, 0) is 5.41 Å². The standard InChI is InChI=1S/C37H26N2/c1-37(2)33-17-16-24(36-38-19-18-35(39-36)23-10-4-3-5-11-23)20-31(33)32-21-29-27-14-8-6-12-25(27)26-13-7-9-15-28(26)30(29)22-34(32)37/h3-22H,1-2H3. The van der Waals surface area contributed by atoms with Crippen molar-refractivity contribution in [2.45, 2.75) is 19.3 Å². The van der Waals surface area contributed by atoms with E-state index < -0.39 is 0 Å².